The Hall–Kier alpha value is 0. The molecule has 1 rings (SSSR count). The molecular formula is C14H27. The third kappa shape index (κ3) is 3.63. The molecule has 0 aromatic carbocycles. The summed E-state index contributed by atoms with van der Waals surface area (Å²) in [4.78, 5) is 0. The largest absolute Gasteiger partial charge is 0.0654 e. The lowest BCUT2D eigenvalue weighted by molar-refractivity contribution is 0.204. The van der Waals surface area contributed by atoms with Crippen LogP contribution in [0.15, 0.2) is 0 Å². The number of hydrogen-bond acceptors (Lipinski definition) is 0. The van der Waals surface area contributed by atoms with Crippen LogP contribution in [0.25, 0.3) is 0 Å². The molecule has 14 heavy (non-hydrogen) atoms. The molecule has 1 aliphatic rings. The van der Waals surface area contributed by atoms with E-state index in [0.29, 0.717) is 5.41 Å². The van der Waals surface area contributed by atoms with Crippen LogP contribution in [-0.2, 0) is 0 Å². The minimum absolute atomic E-state index is 0.657. The molecule has 0 nitrogen and oxygen atoms in total. The molecule has 0 unspecified atom stereocenters. The van der Waals surface area contributed by atoms with Crippen LogP contribution >= 0.6 is 0 Å². The molecule has 0 saturated heterocycles. The molecule has 83 valence electrons. The van der Waals surface area contributed by atoms with Crippen LogP contribution in [0.1, 0.15) is 78.1 Å². The lowest BCUT2D eigenvalue weighted by Crippen LogP contribution is -2.24. The number of unbranched alkanes of at least 4 members (excludes halogenated alkanes) is 2. The SMILES string of the molecule is CCC[CH]C1(CCCC)CCCCC1. The van der Waals surface area contributed by atoms with E-state index in [1.807, 2.05) is 0 Å². The summed E-state index contributed by atoms with van der Waals surface area (Å²) in [6, 6.07) is 0. The summed E-state index contributed by atoms with van der Waals surface area (Å²) in [7, 11) is 0. The van der Waals surface area contributed by atoms with Gasteiger partial charge in [0, 0.05) is 0 Å². The van der Waals surface area contributed by atoms with Gasteiger partial charge >= 0.3 is 0 Å². The maximum absolute atomic E-state index is 2.67. The van der Waals surface area contributed by atoms with Gasteiger partial charge in [-0.05, 0) is 37.5 Å². The lowest BCUT2D eigenvalue weighted by Gasteiger charge is -2.37. The topological polar surface area (TPSA) is 0 Å². The first-order valence-electron chi connectivity index (χ1n) is 6.67. The average Bonchev–Trinajstić information content (AvgIpc) is 2.25. The van der Waals surface area contributed by atoms with Crippen molar-refractivity contribution >= 4 is 0 Å². The van der Waals surface area contributed by atoms with Gasteiger partial charge in [0.25, 0.3) is 0 Å². The van der Waals surface area contributed by atoms with Crippen molar-refractivity contribution in [3.63, 3.8) is 0 Å². The van der Waals surface area contributed by atoms with Gasteiger partial charge < -0.3 is 0 Å². The lowest BCUT2D eigenvalue weighted by atomic mass is 9.68. The van der Waals surface area contributed by atoms with Gasteiger partial charge in [0.2, 0.25) is 0 Å². The minimum atomic E-state index is 0.657. The van der Waals surface area contributed by atoms with Crippen LogP contribution in [0.2, 0.25) is 0 Å². The molecule has 1 radical (unpaired) electrons. The highest BCUT2D eigenvalue weighted by Gasteiger charge is 2.30. The first-order valence-corrected chi connectivity index (χ1v) is 6.67. The zero-order valence-electron chi connectivity index (χ0n) is 10.1. The highest BCUT2D eigenvalue weighted by Crippen LogP contribution is 2.43. The number of rotatable bonds is 6. The van der Waals surface area contributed by atoms with E-state index in [4.69, 9.17) is 0 Å². The summed E-state index contributed by atoms with van der Waals surface area (Å²) in [6.45, 7) is 4.61. The van der Waals surface area contributed by atoms with Gasteiger partial charge in [-0.25, -0.2) is 0 Å². The van der Waals surface area contributed by atoms with Crippen LogP contribution in [-0.4, -0.2) is 0 Å². The summed E-state index contributed by atoms with van der Waals surface area (Å²) in [5.74, 6) is 0. The molecule has 0 heterocycles. The monoisotopic (exact) mass is 195 g/mol. The standard InChI is InChI=1S/C14H27/c1-3-5-10-14(11-6-4-2)12-8-7-9-13-14/h10H,3-9,11-13H2,1-2H3. The molecule has 0 amide bonds. The van der Waals surface area contributed by atoms with Crippen molar-refractivity contribution in [3.05, 3.63) is 6.42 Å². The third-order valence-electron chi connectivity index (χ3n) is 3.74. The van der Waals surface area contributed by atoms with Crippen molar-refractivity contribution in [1.29, 1.82) is 0 Å². The Bertz CT molecular complexity index is 121. The van der Waals surface area contributed by atoms with Gasteiger partial charge in [-0.1, -0.05) is 52.4 Å². The zero-order chi connectivity index (χ0) is 10.3. The second-order valence-electron chi connectivity index (χ2n) is 5.02. The molecule has 1 fully saturated rings. The summed E-state index contributed by atoms with van der Waals surface area (Å²) in [5.41, 5.74) is 0.657. The summed E-state index contributed by atoms with van der Waals surface area (Å²) in [5, 5.41) is 0. The first kappa shape index (κ1) is 12.1. The van der Waals surface area contributed by atoms with Gasteiger partial charge in [0.05, 0.1) is 0 Å². The fraction of sp³-hybridized carbons (Fsp3) is 0.929. The molecule has 0 bridgehead atoms. The Balaban J connectivity index is 2.39. The zero-order valence-corrected chi connectivity index (χ0v) is 10.1. The van der Waals surface area contributed by atoms with Crippen molar-refractivity contribution in [2.45, 2.75) is 78.1 Å². The molecule has 0 atom stereocenters. The van der Waals surface area contributed by atoms with E-state index in [-0.39, 0.29) is 0 Å². The molecule has 1 aliphatic carbocycles. The number of hydrogen-bond donors (Lipinski definition) is 0. The molecule has 1 saturated carbocycles. The molecule has 0 spiro atoms. The van der Waals surface area contributed by atoms with Crippen molar-refractivity contribution < 1.29 is 0 Å². The predicted octanol–water partition coefficient (Wildman–Crippen LogP) is 5.13. The Morgan fingerprint density at radius 2 is 1.71 bits per heavy atom. The normalized spacial score (nSPS) is 21.0. The van der Waals surface area contributed by atoms with E-state index in [1.165, 1.54) is 64.2 Å². The Labute approximate surface area is 90.5 Å². The van der Waals surface area contributed by atoms with Crippen molar-refractivity contribution in [2.75, 3.05) is 0 Å². The molecular weight excluding hydrogens is 168 g/mol. The van der Waals surface area contributed by atoms with Gasteiger partial charge in [-0.2, -0.15) is 0 Å². The summed E-state index contributed by atoms with van der Waals surface area (Å²) >= 11 is 0. The highest BCUT2D eigenvalue weighted by molar-refractivity contribution is 4.93. The molecule has 0 N–H and O–H groups in total. The maximum atomic E-state index is 2.67. The van der Waals surface area contributed by atoms with Crippen molar-refractivity contribution in [3.8, 4) is 0 Å². The van der Waals surface area contributed by atoms with Crippen LogP contribution < -0.4 is 0 Å². The predicted molar refractivity (Wildman–Crippen MR) is 64.3 cm³/mol. The summed E-state index contributed by atoms with van der Waals surface area (Å²) in [6.07, 6.45) is 17.0. The van der Waals surface area contributed by atoms with E-state index < -0.39 is 0 Å². The Morgan fingerprint density at radius 3 is 2.29 bits per heavy atom. The molecule has 0 heteroatoms. The van der Waals surface area contributed by atoms with Gasteiger partial charge in [-0.3, -0.25) is 0 Å². The Kier molecular flexibility index (Phi) is 5.59. The van der Waals surface area contributed by atoms with E-state index in [0.717, 1.165) is 0 Å². The molecule has 0 aromatic rings. The van der Waals surface area contributed by atoms with Crippen LogP contribution in [0.4, 0.5) is 0 Å². The van der Waals surface area contributed by atoms with Gasteiger partial charge in [0.15, 0.2) is 0 Å². The van der Waals surface area contributed by atoms with Crippen molar-refractivity contribution in [1.82, 2.24) is 0 Å². The van der Waals surface area contributed by atoms with E-state index in [2.05, 4.69) is 20.3 Å². The molecule has 0 aliphatic heterocycles. The van der Waals surface area contributed by atoms with Gasteiger partial charge in [-0.15, -0.1) is 0 Å². The highest BCUT2D eigenvalue weighted by atomic mass is 14.4. The van der Waals surface area contributed by atoms with Crippen LogP contribution in [0.5, 0.6) is 0 Å². The average molecular weight is 195 g/mol. The third-order valence-corrected chi connectivity index (χ3v) is 3.74. The summed E-state index contributed by atoms with van der Waals surface area (Å²) < 4.78 is 0. The maximum Gasteiger partial charge on any atom is -0.0266 e. The van der Waals surface area contributed by atoms with Crippen LogP contribution in [0.3, 0.4) is 0 Å². The fourth-order valence-electron chi connectivity index (χ4n) is 2.79. The second kappa shape index (κ2) is 6.48. The minimum Gasteiger partial charge on any atom is -0.0654 e. The fourth-order valence-corrected chi connectivity index (χ4v) is 2.79. The van der Waals surface area contributed by atoms with Crippen LogP contribution in [0, 0.1) is 11.8 Å². The Morgan fingerprint density at radius 1 is 1.00 bits per heavy atom. The first-order chi connectivity index (χ1) is 6.83. The van der Waals surface area contributed by atoms with Gasteiger partial charge in [0.1, 0.15) is 0 Å². The van der Waals surface area contributed by atoms with E-state index >= 15 is 0 Å². The van der Waals surface area contributed by atoms with E-state index in [9.17, 15) is 0 Å². The van der Waals surface area contributed by atoms with Crippen molar-refractivity contribution in [2.24, 2.45) is 5.41 Å². The quantitative estimate of drug-likeness (QED) is 0.551. The smallest absolute Gasteiger partial charge is 0.0266 e. The second-order valence-corrected chi connectivity index (χ2v) is 5.02. The molecule has 0 aromatic heterocycles. The van der Waals surface area contributed by atoms with E-state index in [1.54, 1.807) is 0 Å².